The Hall–Kier alpha value is -4.44. The van der Waals surface area contributed by atoms with E-state index in [1.54, 1.807) is 52.7 Å². The first kappa shape index (κ1) is 56.6. The second kappa shape index (κ2) is 31.4. The number of aryl methyl sites for hydroxylation is 4. The van der Waals surface area contributed by atoms with Crippen LogP contribution in [0.4, 0.5) is 0 Å². The molecule has 1 saturated heterocycles. The van der Waals surface area contributed by atoms with Crippen LogP contribution in [0.2, 0.25) is 0 Å². The summed E-state index contributed by atoms with van der Waals surface area (Å²) in [5.74, 6) is 3.31. The number of carbonyl (C=O) groups is 2. The minimum absolute atomic E-state index is 0. The summed E-state index contributed by atoms with van der Waals surface area (Å²) in [7, 11) is 9.34. The zero-order chi connectivity index (χ0) is 44.6. The standard InChI is InChI=1S/C23H32O6.C21H24O6.C4H8O.B.Na.H/c1-26-20-11-7-16(13-22(20)28-3)5-9-18(24)15-19(25)10-6-17-8-12-21(27-2)23(14-17)29-4;1-26-20-11-14(5-9-18(20)24)3-7-16(22)13-17(23)8-4-15-6-10-19(25)21(12-15)27-2;1-2-4-5-3-1;;;/h7-8,11-14,18-19,24-25H,5-6,9-10,15H2,1-4H3;5-6,9-12,24-25H,3-4,7-8,13H2,1-2H3;1-4H2;;;/q;;;;+1;-1. The van der Waals surface area contributed by atoms with Gasteiger partial charge in [-0.2, -0.15) is 0 Å². The molecular weight excluding hydrogens is 818 g/mol. The quantitative estimate of drug-likeness (QED) is 0.0655. The number of ether oxygens (including phenoxy) is 7. The van der Waals surface area contributed by atoms with E-state index in [1.807, 2.05) is 36.4 Å². The molecule has 2 atom stereocenters. The maximum Gasteiger partial charge on any atom is 1.00 e. The average Bonchev–Trinajstić information content (AvgIpc) is 3.88. The van der Waals surface area contributed by atoms with Gasteiger partial charge in [0.05, 0.1) is 61.3 Å². The van der Waals surface area contributed by atoms with Crippen LogP contribution in [-0.2, 0) is 40.0 Å². The van der Waals surface area contributed by atoms with Crippen molar-refractivity contribution in [1.29, 1.82) is 0 Å². The smallest absolute Gasteiger partial charge is 1.00 e. The van der Waals surface area contributed by atoms with E-state index in [2.05, 4.69) is 0 Å². The van der Waals surface area contributed by atoms with Crippen LogP contribution in [0.1, 0.15) is 75.0 Å². The minimum atomic E-state index is -0.566. The van der Waals surface area contributed by atoms with Crippen molar-refractivity contribution in [2.45, 2.75) is 89.3 Å². The summed E-state index contributed by atoms with van der Waals surface area (Å²) in [6.45, 7) is 2.00. The Bertz CT molecular complexity index is 1810. The summed E-state index contributed by atoms with van der Waals surface area (Å²) in [4.78, 5) is 24.1. The minimum Gasteiger partial charge on any atom is -1.00 e. The van der Waals surface area contributed by atoms with Gasteiger partial charge in [-0.05, 0) is 129 Å². The molecule has 13 nitrogen and oxygen atoms in total. The first-order valence-corrected chi connectivity index (χ1v) is 20.5. The van der Waals surface area contributed by atoms with Gasteiger partial charge in [-0.15, -0.1) is 0 Å². The fourth-order valence-electron chi connectivity index (χ4n) is 6.52. The molecule has 0 amide bonds. The Morgan fingerprint density at radius 1 is 0.540 bits per heavy atom. The molecule has 4 aromatic rings. The topological polar surface area (TPSA) is 180 Å². The van der Waals surface area contributed by atoms with E-state index in [0.29, 0.717) is 79.4 Å². The number of carbonyl (C=O) groups excluding carboxylic acids is 2. The Balaban J connectivity index is 0.00000107. The van der Waals surface area contributed by atoms with Crippen LogP contribution in [0, 0.1) is 0 Å². The van der Waals surface area contributed by atoms with Crippen molar-refractivity contribution in [1.82, 2.24) is 0 Å². The maximum absolute atomic E-state index is 12.1. The molecule has 0 spiro atoms. The van der Waals surface area contributed by atoms with Crippen molar-refractivity contribution >= 4 is 20.0 Å². The SMILES string of the molecule is C1CCOC1.COc1cc(CCC(=O)CC(=O)CCc2ccc(O)c(OC)c2)ccc1O.COc1ccc(CCC(O)CC(O)CCc2ccc(OC)c(OC)c2)cc1OC.[B].[H-].[Na+]. The number of aliphatic hydroxyl groups is 2. The van der Waals surface area contributed by atoms with Crippen molar-refractivity contribution in [2.75, 3.05) is 55.9 Å². The molecule has 0 saturated carbocycles. The molecule has 0 aliphatic carbocycles. The number of phenols is 2. The molecular formula is C48H65BNaO13. The van der Waals surface area contributed by atoms with Crippen molar-refractivity contribution in [3.8, 4) is 46.0 Å². The number of methoxy groups -OCH3 is 6. The zero-order valence-electron chi connectivity index (χ0n) is 39.0. The second-order valence-electron chi connectivity index (χ2n) is 14.6. The summed E-state index contributed by atoms with van der Waals surface area (Å²) in [5.41, 5.74) is 3.84. The van der Waals surface area contributed by atoms with Gasteiger partial charge in [0, 0.05) is 34.5 Å². The number of aromatic hydroxyl groups is 2. The Kier molecular flexibility index (Phi) is 28.2. The van der Waals surface area contributed by atoms with E-state index in [4.69, 9.17) is 33.2 Å². The Morgan fingerprint density at radius 2 is 0.873 bits per heavy atom. The van der Waals surface area contributed by atoms with Crippen LogP contribution in [0.15, 0.2) is 72.8 Å². The van der Waals surface area contributed by atoms with Gasteiger partial charge in [-0.25, -0.2) is 0 Å². The van der Waals surface area contributed by atoms with Crippen molar-refractivity contribution < 1.29 is 94.2 Å². The number of Topliss-reactive ketones (excluding diaryl/α,β-unsaturated/α-hetero) is 2. The van der Waals surface area contributed by atoms with Crippen LogP contribution in [-0.4, -0.2) is 108 Å². The molecule has 5 rings (SSSR count). The Morgan fingerprint density at radius 3 is 1.21 bits per heavy atom. The molecule has 0 bridgehead atoms. The molecule has 1 fully saturated rings. The molecule has 339 valence electrons. The molecule has 0 aromatic heterocycles. The van der Waals surface area contributed by atoms with Crippen LogP contribution in [0.3, 0.4) is 0 Å². The van der Waals surface area contributed by atoms with Crippen LogP contribution in [0.5, 0.6) is 46.0 Å². The monoisotopic (exact) mass is 883 g/mol. The molecule has 4 aromatic carbocycles. The fourth-order valence-corrected chi connectivity index (χ4v) is 6.52. The first-order valence-electron chi connectivity index (χ1n) is 20.5. The molecule has 15 heteroatoms. The maximum atomic E-state index is 12.1. The summed E-state index contributed by atoms with van der Waals surface area (Å²) >= 11 is 0. The van der Waals surface area contributed by atoms with Crippen molar-refractivity contribution in [3.05, 3.63) is 95.1 Å². The number of phenolic OH excluding ortho intramolecular Hbond substituents is 2. The van der Waals surface area contributed by atoms with E-state index in [0.717, 1.165) is 35.5 Å². The van der Waals surface area contributed by atoms with Gasteiger partial charge in [-0.1, -0.05) is 24.3 Å². The predicted molar refractivity (Wildman–Crippen MR) is 240 cm³/mol. The number of aliphatic hydroxyl groups excluding tert-OH is 2. The third-order valence-electron chi connectivity index (χ3n) is 10.1. The summed E-state index contributed by atoms with van der Waals surface area (Å²) in [6.07, 6.45) is 5.70. The van der Waals surface area contributed by atoms with Gasteiger partial charge in [0.1, 0.15) is 11.6 Å². The number of benzene rings is 4. The van der Waals surface area contributed by atoms with Gasteiger partial charge >= 0.3 is 29.6 Å². The van der Waals surface area contributed by atoms with E-state index in [-0.39, 0.29) is 81.7 Å². The molecule has 1 aliphatic heterocycles. The van der Waals surface area contributed by atoms with Crippen molar-refractivity contribution in [3.63, 3.8) is 0 Å². The van der Waals surface area contributed by atoms with Crippen LogP contribution in [0.25, 0.3) is 0 Å². The first-order chi connectivity index (χ1) is 29.4. The van der Waals surface area contributed by atoms with Gasteiger partial charge < -0.3 is 55.0 Å². The van der Waals surface area contributed by atoms with Crippen molar-refractivity contribution in [2.24, 2.45) is 0 Å². The van der Waals surface area contributed by atoms with E-state index >= 15 is 0 Å². The molecule has 3 radical (unpaired) electrons. The number of hydrogen-bond acceptors (Lipinski definition) is 13. The largest absolute Gasteiger partial charge is 1.00 e. The molecule has 63 heavy (non-hydrogen) atoms. The average molecular weight is 884 g/mol. The van der Waals surface area contributed by atoms with E-state index in [9.17, 15) is 30.0 Å². The predicted octanol–water partition coefficient (Wildman–Crippen LogP) is 4.14. The van der Waals surface area contributed by atoms with Crippen LogP contribution < -0.4 is 58.0 Å². The zero-order valence-corrected chi connectivity index (χ0v) is 40.0. The fraction of sp³-hybridized carbons (Fsp3) is 0.458. The van der Waals surface area contributed by atoms with Crippen LogP contribution >= 0.6 is 0 Å². The summed E-state index contributed by atoms with van der Waals surface area (Å²) in [5, 5.41) is 39.8. The van der Waals surface area contributed by atoms with Gasteiger partial charge in [0.25, 0.3) is 0 Å². The molecule has 4 N–H and O–H groups in total. The normalized spacial score (nSPS) is 12.3. The number of hydrogen-bond donors (Lipinski definition) is 4. The van der Waals surface area contributed by atoms with Gasteiger partial charge in [-0.3, -0.25) is 9.59 Å². The third-order valence-corrected chi connectivity index (χ3v) is 10.1. The summed E-state index contributed by atoms with van der Waals surface area (Å²) < 4.78 is 36.1. The molecule has 1 aliphatic rings. The second-order valence-corrected chi connectivity index (χ2v) is 14.6. The number of rotatable bonds is 22. The van der Waals surface area contributed by atoms with Gasteiger partial charge in [0.2, 0.25) is 0 Å². The molecule has 2 unspecified atom stereocenters. The van der Waals surface area contributed by atoms with Gasteiger partial charge in [0.15, 0.2) is 46.0 Å². The number of ketones is 2. The third kappa shape index (κ3) is 20.7. The van der Waals surface area contributed by atoms with E-state index < -0.39 is 12.2 Å². The van der Waals surface area contributed by atoms with E-state index in [1.165, 1.54) is 39.2 Å². The summed E-state index contributed by atoms with van der Waals surface area (Å²) in [6, 6.07) is 21.3. The molecule has 1 heterocycles. The Labute approximate surface area is 398 Å².